The second-order valence-electron chi connectivity index (χ2n) is 4.47. The molecule has 0 aliphatic rings. The minimum absolute atomic E-state index is 0.291. The molecule has 1 aromatic carbocycles. The number of carbonyl (C=O) groups excluding carboxylic acids is 1. The topological polar surface area (TPSA) is 38.8 Å². The van der Waals surface area contributed by atoms with Gasteiger partial charge in [-0.1, -0.05) is 13.8 Å². The lowest BCUT2D eigenvalue weighted by Gasteiger charge is -2.17. The maximum Gasteiger partial charge on any atom is 0.338 e. The SMILES string of the molecule is CCOC(=O)c1ccc(OCCCN(CC)CC)cc1. The summed E-state index contributed by atoms with van der Waals surface area (Å²) in [5.41, 5.74) is 0.558. The van der Waals surface area contributed by atoms with Crippen LogP contribution in [-0.2, 0) is 4.74 Å². The van der Waals surface area contributed by atoms with Gasteiger partial charge in [-0.25, -0.2) is 4.79 Å². The molecule has 0 aromatic heterocycles. The third-order valence-corrected chi connectivity index (χ3v) is 3.15. The first kappa shape index (κ1) is 16.5. The zero-order valence-corrected chi connectivity index (χ0v) is 12.7. The van der Waals surface area contributed by atoms with Crippen molar-refractivity contribution in [1.29, 1.82) is 0 Å². The van der Waals surface area contributed by atoms with E-state index >= 15 is 0 Å². The van der Waals surface area contributed by atoms with Crippen molar-refractivity contribution in [3.8, 4) is 5.75 Å². The molecule has 20 heavy (non-hydrogen) atoms. The molecule has 1 rings (SSSR count). The lowest BCUT2D eigenvalue weighted by atomic mass is 10.2. The summed E-state index contributed by atoms with van der Waals surface area (Å²) in [6, 6.07) is 7.09. The molecule has 0 amide bonds. The van der Waals surface area contributed by atoms with Crippen molar-refractivity contribution in [2.45, 2.75) is 27.2 Å². The molecule has 112 valence electrons. The van der Waals surface area contributed by atoms with Crippen molar-refractivity contribution in [2.75, 3.05) is 32.8 Å². The molecule has 0 saturated heterocycles. The Morgan fingerprint density at radius 1 is 1.10 bits per heavy atom. The second kappa shape index (κ2) is 9.37. The Morgan fingerprint density at radius 2 is 1.75 bits per heavy atom. The molecule has 4 nitrogen and oxygen atoms in total. The number of nitrogens with zero attached hydrogens (tertiary/aromatic N) is 1. The van der Waals surface area contributed by atoms with Crippen LogP contribution in [0.4, 0.5) is 0 Å². The van der Waals surface area contributed by atoms with Crippen LogP contribution >= 0.6 is 0 Å². The molecule has 4 heteroatoms. The summed E-state index contributed by atoms with van der Waals surface area (Å²) in [5, 5.41) is 0. The summed E-state index contributed by atoms with van der Waals surface area (Å²) in [6.45, 7) is 10.4. The van der Waals surface area contributed by atoms with Gasteiger partial charge in [0.05, 0.1) is 18.8 Å². The Labute approximate surface area is 121 Å². The van der Waals surface area contributed by atoms with Crippen molar-refractivity contribution >= 4 is 5.97 Å². The zero-order valence-electron chi connectivity index (χ0n) is 12.7. The first-order valence-corrected chi connectivity index (χ1v) is 7.33. The second-order valence-corrected chi connectivity index (χ2v) is 4.47. The fourth-order valence-electron chi connectivity index (χ4n) is 1.92. The molecule has 0 bridgehead atoms. The monoisotopic (exact) mass is 279 g/mol. The molecule has 0 aliphatic heterocycles. The van der Waals surface area contributed by atoms with Crippen molar-refractivity contribution in [2.24, 2.45) is 0 Å². The predicted molar refractivity (Wildman–Crippen MR) is 80.3 cm³/mol. The van der Waals surface area contributed by atoms with Crippen LogP contribution in [0.2, 0.25) is 0 Å². The van der Waals surface area contributed by atoms with Crippen LogP contribution in [0.1, 0.15) is 37.6 Å². The van der Waals surface area contributed by atoms with Gasteiger partial charge in [0.15, 0.2) is 0 Å². The van der Waals surface area contributed by atoms with Crippen molar-refractivity contribution in [3.63, 3.8) is 0 Å². The van der Waals surface area contributed by atoms with E-state index in [1.165, 1.54) is 0 Å². The summed E-state index contributed by atoms with van der Waals surface area (Å²) in [5.74, 6) is 0.498. The smallest absolute Gasteiger partial charge is 0.338 e. The number of benzene rings is 1. The van der Waals surface area contributed by atoms with E-state index < -0.39 is 0 Å². The molecule has 0 saturated carbocycles. The van der Waals surface area contributed by atoms with E-state index in [0.717, 1.165) is 31.8 Å². The zero-order chi connectivity index (χ0) is 14.8. The van der Waals surface area contributed by atoms with E-state index in [1.54, 1.807) is 19.1 Å². The third-order valence-electron chi connectivity index (χ3n) is 3.15. The Hall–Kier alpha value is -1.55. The molecule has 0 unspecified atom stereocenters. The normalized spacial score (nSPS) is 10.6. The summed E-state index contributed by atoms with van der Waals surface area (Å²) >= 11 is 0. The van der Waals surface area contributed by atoms with E-state index in [9.17, 15) is 4.79 Å². The van der Waals surface area contributed by atoms with E-state index in [-0.39, 0.29) is 5.97 Å². The summed E-state index contributed by atoms with van der Waals surface area (Å²) in [4.78, 5) is 13.9. The molecular formula is C16H25NO3. The summed E-state index contributed by atoms with van der Waals surface area (Å²) in [6.07, 6.45) is 1.00. The van der Waals surface area contributed by atoms with Gasteiger partial charge in [-0.3, -0.25) is 0 Å². The fraction of sp³-hybridized carbons (Fsp3) is 0.562. The number of hydrogen-bond acceptors (Lipinski definition) is 4. The maximum atomic E-state index is 11.5. The average molecular weight is 279 g/mol. The summed E-state index contributed by atoms with van der Waals surface area (Å²) < 4.78 is 10.6. The van der Waals surface area contributed by atoms with Crippen LogP contribution in [0.25, 0.3) is 0 Å². The van der Waals surface area contributed by atoms with Gasteiger partial charge in [0.2, 0.25) is 0 Å². The lowest BCUT2D eigenvalue weighted by molar-refractivity contribution is 0.0526. The number of hydrogen-bond donors (Lipinski definition) is 0. The van der Waals surface area contributed by atoms with Gasteiger partial charge in [0.1, 0.15) is 5.75 Å². The minimum atomic E-state index is -0.291. The Bertz CT molecular complexity index is 385. The third kappa shape index (κ3) is 5.61. The molecule has 0 atom stereocenters. The van der Waals surface area contributed by atoms with Crippen LogP contribution in [0.5, 0.6) is 5.75 Å². The van der Waals surface area contributed by atoms with Crippen LogP contribution in [0, 0.1) is 0 Å². The van der Waals surface area contributed by atoms with E-state index in [0.29, 0.717) is 18.8 Å². The van der Waals surface area contributed by atoms with Gasteiger partial charge in [0.25, 0.3) is 0 Å². The van der Waals surface area contributed by atoms with Crippen LogP contribution < -0.4 is 4.74 Å². The molecule has 0 aliphatic carbocycles. The summed E-state index contributed by atoms with van der Waals surface area (Å²) in [7, 11) is 0. The predicted octanol–water partition coefficient (Wildman–Crippen LogP) is 2.97. The quantitative estimate of drug-likeness (QED) is 0.514. The highest BCUT2D eigenvalue weighted by molar-refractivity contribution is 5.89. The van der Waals surface area contributed by atoms with Crippen LogP contribution in [-0.4, -0.2) is 43.7 Å². The number of rotatable bonds is 9. The number of carbonyl (C=O) groups is 1. The molecule has 0 spiro atoms. The first-order chi connectivity index (χ1) is 9.71. The van der Waals surface area contributed by atoms with Crippen molar-refractivity contribution in [1.82, 2.24) is 4.90 Å². The minimum Gasteiger partial charge on any atom is -0.494 e. The van der Waals surface area contributed by atoms with Crippen LogP contribution in [0.15, 0.2) is 24.3 Å². The fourth-order valence-corrected chi connectivity index (χ4v) is 1.92. The van der Waals surface area contributed by atoms with Gasteiger partial charge in [0, 0.05) is 6.54 Å². The van der Waals surface area contributed by atoms with Gasteiger partial charge in [-0.2, -0.15) is 0 Å². The lowest BCUT2D eigenvalue weighted by Crippen LogP contribution is -2.25. The first-order valence-electron chi connectivity index (χ1n) is 7.33. The van der Waals surface area contributed by atoms with Crippen LogP contribution in [0.3, 0.4) is 0 Å². The average Bonchev–Trinajstić information content (AvgIpc) is 2.48. The van der Waals surface area contributed by atoms with Gasteiger partial charge in [-0.05, 0) is 50.7 Å². The van der Waals surface area contributed by atoms with Crippen molar-refractivity contribution < 1.29 is 14.3 Å². The highest BCUT2D eigenvalue weighted by Gasteiger charge is 2.06. The van der Waals surface area contributed by atoms with E-state index in [1.807, 2.05) is 12.1 Å². The molecule has 0 fully saturated rings. The van der Waals surface area contributed by atoms with Gasteiger partial charge < -0.3 is 14.4 Å². The standard InChI is InChI=1S/C16H25NO3/c1-4-17(5-2)12-7-13-20-15-10-8-14(9-11-15)16(18)19-6-3/h8-11H,4-7,12-13H2,1-3H3. The number of esters is 1. The highest BCUT2D eigenvalue weighted by Crippen LogP contribution is 2.13. The molecular weight excluding hydrogens is 254 g/mol. The van der Waals surface area contributed by atoms with E-state index in [4.69, 9.17) is 9.47 Å². The number of ether oxygens (including phenoxy) is 2. The maximum absolute atomic E-state index is 11.5. The molecule has 0 radical (unpaired) electrons. The van der Waals surface area contributed by atoms with E-state index in [2.05, 4.69) is 18.7 Å². The largest absolute Gasteiger partial charge is 0.494 e. The van der Waals surface area contributed by atoms with Crippen molar-refractivity contribution in [3.05, 3.63) is 29.8 Å². The molecule has 1 aromatic rings. The molecule has 0 heterocycles. The highest BCUT2D eigenvalue weighted by atomic mass is 16.5. The Balaban J connectivity index is 2.33. The molecule has 0 N–H and O–H groups in total. The Kier molecular flexibility index (Phi) is 7.73. The Morgan fingerprint density at radius 3 is 2.30 bits per heavy atom. The van der Waals surface area contributed by atoms with Gasteiger partial charge in [-0.15, -0.1) is 0 Å². The van der Waals surface area contributed by atoms with Gasteiger partial charge >= 0.3 is 5.97 Å².